The lowest BCUT2D eigenvalue weighted by atomic mass is 9.95. The molecule has 1 atom stereocenters. The van der Waals surface area contributed by atoms with Crippen LogP contribution in [-0.4, -0.2) is 36.1 Å². The van der Waals surface area contributed by atoms with E-state index >= 15 is 0 Å². The van der Waals surface area contributed by atoms with Crippen molar-refractivity contribution in [3.63, 3.8) is 0 Å². The van der Waals surface area contributed by atoms with Gasteiger partial charge in [0.15, 0.2) is 0 Å². The lowest BCUT2D eigenvalue weighted by Crippen LogP contribution is -2.40. The van der Waals surface area contributed by atoms with Crippen molar-refractivity contribution in [3.8, 4) is 5.75 Å². The average molecular weight is 359 g/mol. The van der Waals surface area contributed by atoms with Crippen LogP contribution in [0.2, 0.25) is 0 Å². The molecule has 5 heteroatoms. The first-order chi connectivity index (χ1) is 12.2. The molecular formula is C21H26FNO3. The molecule has 0 saturated heterocycles. The van der Waals surface area contributed by atoms with Gasteiger partial charge < -0.3 is 14.7 Å². The van der Waals surface area contributed by atoms with E-state index < -0.39 is 17.8 Å². The average Bonchev–Trinajstić information content (AvgIpc) is 2.60. The minimum Gasteiger partial charge on any atom is -0.497 e. The van der Waals surface area contributed by atoms with E-state index in [1.165, 1.54) is 24.1 Å². The highest BCUT2D eigenvalue weighted by molar-refractivity contribution is 5.94. The van der Waals surface area contributed by atoms with E-state index in [4.69, 9.17) is 4.74 Å². The smallest absolute Gasteiger partial charge is 0.256 e. The van der Waals surface area contributed by atoms with E-state index in [1.807, 2.05) is 39.0 Å². The van der Waals surface area contributed by atoms with Gasteiger partial charge in [-0.25, -0.2) is 4.39 Å². The van der Waals surface area contributed by atoms with Crippen molar-refractivity contribution in [2.24, 2.45) is 5.41 Å². The van der Waals surface area contributed by atoms with Gasteiger partial charge in [0.2, 0.25) is 0 Å². The predicted octanol–water partition coefficient (Wildman–Crippen LogP) is 4.06. The summed E-state index contributed by atoms with van der Waals surface area (Å²) < 4.78 is 19.3. The van der Waals surface area contributed by atoms with Gasteiger partial charge in [-0.05, 0) is 23.1 Å². The fraction of sp³-hybridized carbons (Fsp3) is 0.381. The Balaban J connectivity index is 2.27. The Kier molecular flexibility index (Phi) is 6.37. The Morgan fingerprint density at radius 2 is 1.85 bits per heavy atom. The number of halogens is 1. The molecule has 0 aliphatic carbocycles. The van der Waals surface area contributed by atoms with Crippen LogP contribution < -0.4 is 4.74 Å². The Bertz CT molecular complexity index is 741. The Morgan fingerprint density at radius 3 is 2.38 bits per heavy atom. The van der Waals surface area contributed by atoms with E-state index in [2.05, 4.69) is 0 Å². The summed E-state index contributed by atoms with van der Waals surface area (Å²) in [4.78, 5) is 14.4. The highest BCUT2D eigenvalue weighted by Crippen LogP contribution is 2.23. The van der Waals surface area contributed by atoms with Gasteiger partial charge >= 0.3 is 0 Å². The fourth-order valence-electron chi connectivity index (χ4n) is 2.75. The normalized spacial score (nSPS) is 12.5. The summed E-state index contributed by atoms with van der Waals surface area (Å²) in [7, 11) is 1.44. The van der Waals surface area contributed by atoms with Crippen LogP contribution in [0, 0.1) is 11.2 Å². The van der Waals surface area contributed by atoms with Gasteiger partial charge in [0.1, 0.15) is 11.6 Å². The summed E-state index contributed by atoms with van der Waals surface area (Å²) in [5, 5.41) is 10.5. The second kappa shape index (κ2) is 8.32. The van der Waals surface area contributed by atoms with Crippen molar-refractivity contribution in [2.75, 3.05) is 20.2 Å². The van der Waals surface area contributed by atoms with Gasteiger partial charge in [-0.3, -0.25) is 4.79 Å². The number of aliphatic hydroxyl groups is 1. The van der Waals surface area contributed by atoms with Gasteiger partial charge in [0.25, 0.3) is 5.91 Å². The molecule has 0 aliphatic heterocycles. The van der Waals surface area contributed by atoms with Crippen LogP contribution in [0.3, 0.4) is 0 Å². The SMILES string of the molecule is COc1ccc(C(=O)N(C[C@@H](O)c2ccccc2)CC(C)(C)C)c(F)c1. The van der Waals surface area contributed by atoms with Gasteiger partial charge in [-0.1, -0.05) is 51.1 Å². The number of carbonyl (C=O) groups excluding carboxylic acids is 1. The number of carbonyl (C=O) groups is 1. The molecule has 0 radical (unpaired) electrons. The second-order valence-electron chi connectivity index (χ2n) is 7.52. The van der Waals surface area contributed by atoms with Crippen LogP contribution in [0.5, 0.6) is 5.75 Å². The number of nitrogens with zero attached hydrogens (tertiary/aromatic N) is 1. The van der Waals surface area contributed by atoms with Crippen molar-refractivity contribution in [1.29, 1.82) is 0 Å². The summed E-state index contributed by atoms with van der Waals surface area (Å²) in [6, 6.07) is 13.3. The lowest BCUT2D eigenvalue weighted by Gasteiger charge is -2.32. The first-order valence-electron chi connectivity index (χ1n) is 8.57. The molecule has 4 nitrogen and oxygen atoms in total. The molecule has 0 spiro atoms. The summed E-state index contributed by atoms with van der Waals surface area (Å²) in [5.74, 6) is -0.733. The maximum absolute atomic E-state index is 14.4. The molecule has 0 unspecified atom stereocenters. The van der Waals surface area contributed by atoms with E-state index in [0.717, 1.165) is 5.56 Å². The van der Waals surface area contributed by atoms with Crippen molar-refractivity contribution in [1.82, 2.24) is 4.90 Å². The molecule has 0 aliphatic rings. The highest BCUT2D eigenvalue weighted by Gasteiger charge is 2.26. The van der Waals surface area contributed by atoms with E-state index in [-0.39, 0.29) is 17.5 Å². The van der Waals surface area contributed by atoms with Crippen LogP contribution in [0.25, 0.3) is 0 Å². The quantitative estimate of drug-likeness (QED) is 0.846. The third-order valence-corrected chi connectivity index (χ3v) is 3.94. The van der Waals surface area contributed by atoms with Crippen molar-refractivity contribution < 1.29 is 19.0 Å². The molecule has 2 rings (SSSR count). The number of methoxy groups -OCH3 is 1. The number of aliphatic hydroxyl groups excluding tert-OH is 1. The summed E-state index contributed by atoms with van der Waals surface area (Å²) in [5.41, 5.74) is 0.486. The number of hydrogen-bond donors (Lipinski definition) is 1. The molecule has 26 heavy (non-hydrogen) atoms. The number of rotatable bonds is 6. The van der Waals surface area contributed by atoms with Crippen molar-refractivity contribution in [2.45, 2.75) is 26.9 Å². The topological polar surface area (TPSA) is 49.8 Å². The number of benzene rings is 2. The highest BCUT2D eigenvalue weighted by atomic mass is 19.1. The second-order valence-corrected chi connectivity index (χ2v) is 7.52. The third-order valence-electron chi connectivity index (χ3n) is 3.94. The van der Waals surface area contributed by atoms with Crippen LogP contribution in [0.1, 0.15) is 42.8 Å². The summed E-state index contributed by atoms with van der Waals surface area (Å²) in [6.07, 6.45) is -0.844. The number of ether oxygens (including phenoxy) is 1. The molecule has 0 saturated carbocycles. The van der Waals surface area contributed by atoms with Gasteiger partial charge in [-0.2, -0.15) is 0 Å². The first-order valence-corrected chi connectivity index (χ1v) is 8.57. The Labute approximate surface area is 154 Å². The monoisotopic (exact) mass is 359 g/mol. The fourth-order valence-corrected chi connectivity index (χ4v) is 2.75. The van der Waals surface area contributed by atoms with Gasteiger partial charge in [0, 0.05) is 12.6 Å². The van der Waals surface area contributed by atoms with E-state index in [1.54, 1.807) is 18.2 Å². The molecule has 1 amide bonds. The van der Waals surface area contributed by atoms with Gasteiger partial charge in [0.05, 0.1) is 25.3 Å². The molecule has 0 heterocycles. The maximum atomic E-state index is 14.4. The molecular weight excluding hydrogens is 333 g/mol. The van der Waals surface area contributed by atoms with E-state index in [0.29, 0.717) is 12.3 Å². The maximum Gasteiger partial charge on any atom is 0.256 e. The zero-order chi connectivity index (χ0) is 19.3. The minimum absolute atomic E-state index is 0.0321. The zero-order valence-corrected chi connectivity index (χ0v) is 15.7. The van der Waals surface area contributed by atoms with Crippen molar-refractivity contribution >= 4 is 5.91 Å². The van der Waals surface area contributed by atoms with Crippen LogP contribution >= 0.6 is 0 Å². The third kappa shape index (κ3) is 5.30. The lowest BCUT2D eigenvalue weighted by molar-refractivity contribution is 0.0535. The van der Waals surface area contributed by atoms with E-state index in [9.17, 15) is 14.3 Å². The molecule has 140 valence electrons. The number of amides is 1. The summed E-state index contributed by atoms with van der Waals surface area (Å²) in [6.45, 7) is 6.46. The molecule has 0 aromatic heterocycles. The standard InChI is InChI=1S/C21H26FNO3/c1-21(2,3)14-23(13-19(24)15-8-6-5-7-9-15)20(25)17-11-10-16(26-4)12-18(17)22/h5-12,19,24H,13-14H2,1-4H3/t19-/m1/s1. The van der Waals surface area contributed by atoms with Crippen molar-refractivity contribution in [3.05, 3.63) is 65.5 Å². The Hall–Kier alpha value is -2.40. The zero-order valence-electron chi connectivity index (χ0n) is 15.7. The largest absolute Gasteiger partial charge is 0.497 e. The van der Waals surface area contributed by atoms with Crippen LogP contribution in [-0.2, 0) is 0 Å². The van der Waals surface area contributed by atoms with Crippen LogP contribution in [0.4, 0.5) is 4.39 Å². The first kappa shape index (κ1) is 19.9. The summed E-state index contributed by atoms with van der Waals surface area (Å²) >= 11 is 0. The molecule has 0 bridgehead atoms. The predicted molar refractivity (Wildman–Crippen MR) is 99.7 cm³/mol. The molecule has 1 N–H and O–H groups in total. The van der Waals surface area contributed by atoms with Gasteiger partial charge in [-0.15, -0.1) is 0 Å². The molecule has 0 fully saturated rings. The molecule has 2 aromatic carbocycles. The number of hydrogen-bond acceptors (Lipinski definition) is 3. The molecule has 2 aromatic rings. The van der Waals surface area contributed by atoms with Crippen LogP contribution in [0.15, 0.2) is 48.5 Å². The Morgan fingerprint density at radius 1 is 1.19 bits per heavy atom. The minimum atomic E-state index is -0.844.